The molecular weight excluding hydrogens is 327 g/mol. The molecule has 8 heteroatoms. The molecule has 0 spiro atoms. The molecule has 0 aliphatic heterocycles. The Balaban J connectivity index is 1.80. The number of hydrogen-bond acceptors (Lipinski definition) is 4. The number of rotatable bonds is 6. The van der Waals surface area contributed by atoms with E-state index >= 15 is 0 Å². The summed E-state index contributed by atoms with van der Waals surface area (Å²) in [7, 11) is 0. The van der Waals surface area contributed by atoms with E-state index in [1.165, 1.54) is 36.4 Å². The fourth-order valence-electron chi connectivity index (χ4n) is 1.72. The molecule has 0 saturated heterocycles. The quantitative estimate of drug-likeness (QED) is 0.641. The molecule has 1 N–H and O–H groups in total. The van der Waals surface area contributed by atoms with Gasteiger partial charge in [-0.1, -0.05) is 11.6 Å². The van der Waals surface area contributed by atoms with Crippen LogP contribution in [0.4, 0.5) is 15.8 Å². The lowest BCUT2D eigenvalue weighted by Crippen LogP contribution is -2.15. The van der Waals surface area contributed by atoms with Gasteiger partial charge in [0.2, 0.25) is 5.91 Å². The van der Waals surface area contributed by atoms with Crippen molar-refractivity contribution in [1.82, 2.24) is 0 Å². The van der Waals surface area contributed by atoms with Crippen LogP contribution in [0.15, 0.2) is 42.5 Å². The normalized spacial score (nSPS) is 10.2. The minimum Gasteiger partial charge on any atom is -0.493 e. The van der Waals surface area contributed by atoms with E-state index in [-0.39, 0.29) is 29.6 Å². The number of halogens is 2. The lowest BCUT2D eigenvalue weighted by Gasteiger charge is -2.07. The molecule has 0 unspecified atom stereocenters. The summed E-state index contributed by atoms with van der Waals surface area (Å²) in [6.45, 7) is 0.0958. The van der Waals surface area contributed by atoms with Crippen LogP contribution in [0.2, 0.25) is 5.02 Å². The average Bonchev–Trinajstić information content (AvgIpc) is 2.51. The van der Waals surface area contributed by atoms with Crippen LogP contribution in [0.25, 0.3) is 0 Å². The van der Waals surface area contributed by atoms with E-state index in [0.29, 0.717) is 11.4 Å². The third kappa shape index (κ3) is 4.93. The zero-order valence-corrected chi connectivity index (χ0v) is 12.5. The second-order valence-electron chi connectivity index (χ2n) is 4.53. The number of nitro benzene ring substituents is 1. The second kappa shape index (κ2) is 7.55. The summed E-state index contributed by atoms with van der Waals surface area (Å²) in [5.41, 5.74) is 0.347. The molecule has 1 amide bonds. The number of amides is 1. The third-order valence-corrected chi connectivity index (χ3v) is 3.14. The van der Waals surface area contributed by atoms with Crippen molar-refractivity contribution in [3.63, 3.8) is 0 Å². The van der Waals surface area contributed by atoms with Gasteiger partial charge in [0.1, 0.15) is 11.6 Å². The maximum atomic E-state index is 13.0. The van der Waals surface area contributed by atoms with Gasteiger partial charge in [-0.25, -0.2) is 4.39 Å². The SMILES string of the molecule is O=C(CCOc1ccc([N+](=O)[O-])cc1)Nc1ccc(F)c(Cl)c1. The Morgan fingerprint density at radius 2 is 1.96 bits per heavy atom. The number of benzene rings is 2. The molecule has 0 aliphatic rings. The molecule has 0 aliphatic carbocycles. The summed E-state index contributed by atoms with van der Waals surface area (Å²) in [4.78, 5) is 21.7. The number of non-ortho nitro benzene ring substituents is 1. The van der Waals surface area contributed by atoms with Crippen LogP contribution in [-0.4, -0.2) is 17.4 Å². The van der Waals surface area contributed by atoms with Crippen LogP contribution in [0.1, 0.15) is 6.42 Å². The van der Waals surface area contributed by atoms with Gasteiger partial charge in [-0.2, -0.15) is 0 Å². The minimum absolute atomic E-state index is 0.0386. The van der Waals surface area contributed by atoms with E-state index in [1.54, 1.807) is 0 Å². The highest BCUT2D eigenvalue weighted by Gasteiger charge is 2.07. The van der Waals surface area contributed by atoms with Crippen LogP contribution in [0.3, 0.4) is 0 Å². The van der Waals surface area contributed by atoms with Gasteiger partial charge in [0.05, 0.1) is 23.0 Å². The van der Waals surface area contributed by atoms with E-state index in [4.69, 9.17) is 16.3 Å². The first-order chi connectivity index (χ1) is 11.0. The second-order valence-corrected chi connectivity index (χ2v) is 4.93. The lowest BCUT2D eigenvalue weighted by molar-refractivity contribution is -0.384. The molecular formula is C15H12ClFN2O4. The van der Waals surface area contributed by atoms with Gasteiger partial charge < -0.3 is 10.1 Å². The van der Waals surface area contributed by atoms with Crippen LogP contribution in [0.5, 0.6) is 5.75 Å². The number of carbonyl (C=O) groups excluding carboxylic acids is 1. The van der Waals surface area contributed by atoms with Gasteiger partial charge >= 0.3 is 0 Å². The van der Waals surface area contributed by atoms with Crippen molar-refractivity contribution in [2.45, 2.75) is 6.42 Å². The van der Waals surface area contributed by atoms with Crippen molar-refractivity contribution >= 4 is 28.9 Å². The van der Waals surface area contributed by atoms with Crippen molar-refractivity contribution < 1.29 is 18.8 Å². The lowest BCUT2D eigenvalue weighted by atomic mass is 10.3. The highest BCUT2D eigenvalue weighted by molar-refractivity contribution is 6.31. The van der Waals surface area contributed by atoms with Crippen molar-refractivity contribution in [2.75, 3.05) is 11.9 Å². The fourth-order valence-corrected chi connectivity index (χ4v) is 1.90. The maximum absolute atomic E-state index is 13.0. The zero-order valence-electron chi connectivity index (χ0n) is 11.8. The molecule has 0 bridgehead atoms. The molecule has 0 radical (unpaired) electrons. The molecule has 120 valence electrons. The molecule has 0 aromatic heterocycles. The first kappa shape index (κ1) is 16.7. The summed E-state index contributed by atoms with van der Waals surface area (Å²) in [6, 6.07) is 9.41. The number of anilines is 1. The van der Waals surface area contributed by atoms with Crippen molar-refractivity contribution in [2.24, 2.45) is 0 Å². The highest BCUT2D eigenvalue weighted by atomic mass is 35.5. The van der Waals surface area contributed by atoms with Crippen molar-refractivity contribution in [3.8, 4) is 5.75 Å². The summed E-state index contributed by atoms with van der Waals surface area (Å²) < 4.78 is 18.3. The topological polar surface area (TPSA) is 81.5 Å². The van der Waals surface area contributed by atoms with Crippen LogP contribution in [-0.2, 0) is 4.79 Å². The van der Waals surface area contributed by atoms with Crippen LogP contribution < -0.4 is 10.1 Å². The van der Waals surface area contributed by atoms with Gasteiger partial charge in [0.15, 0.2) is 0 Å². The van der Waals surface area contributed by atoms with Gasteiger partial charge in [-0.3, -0.25) is 14.9 Å². The molecule has 2 aromatic rings. The number of nitrogens with one attached hydrogen (secondary N) is 1. The van der Waals surface area contributed by atoms with Crippen molar-refractivity contribution in [3.05, 3.63) is 63.4 Å². The van der Waals surface area contributed by atoms with E-state index < -0.39 is 10.7 Å². The minimum atomic E-state index is -0.564. The molecule has 0 fully saturated rings. The number of hydrogen-bond donors (Lipinski definition) is 1. The third-order valence-electron chi connectivity index (χ3n) is 2.85. The number of ether oxygens (including phenoxy) is 1. The number of nitrogens with zero attached hydrogens (tertiary/aromatic N) is 1. The molecule has 2 rings (SSSR count). The molecule has 23 heavy (non-hydrogen) atoms. The first-order valence-corrected chi connectivity index (χ1v) is 6.95. The summed E-state index contributed by atoms with van der Waals surface area (Å²) >= 11 is 5.62. The summed E-state index contributed by atoms with van der Waals surface area (Å²) in [5.74, 6) is -0.464. The van der Waals surface area contributed by atoms with Gasteiger partial charge in [0.25, 0.3) is 5.69 Å². The standard InChI is InChI=1S/C15H12ClFN2O4/c16-13-9-10(1-6-14(13)17)18-15(20)7-8-23-12-4-2-11(3-5-12)19(21)22/h1-6,9H,7-8H2,(H,18,20). The number of carbonyl (C=O) groups is 1. The predicted octanol–water partition coefficient (Wildman–Crippen LogP) is 3.79. The van der Waals surface area contributed by atoms with Gasteiger partial charge in [0, 0.05) is 17.8 Å². The van der Waals surface area contributed by atoms with Crippen molar-refractivity contribution in [1.29, 1.82) is 0 Å². The Morgan fingerprint density at radius 3 is 2.57 bits per heavy atom. The number of nitro groups is 1. The molecule has 0 atom stereocenters. The predicted molar refractivity (Wildman–Crippen MR) is 83.2 cm³/mol. The molecule has 6 nitrogen and oxygen atoms in total. The highest BCUT2D eigenvalue weighted by Crippen LogP contribution is 2.20. The average molecular weight is 339 g/mol. The Bertz CT molecular complexity index is 722. The maximum Gasteiger partial charge on any atom is 0.269 e. The van der Waals surface area contributed by atoms with E-state index in [2.05, 4.69) is 5.32 Å². The Kier molecular flexibility index (Phi) is 5.48. The Labute approximate surface area is 136 Å². The van der Waals surface area contributed by atoms with Crippen LogP contribution in [0, 0.1) is 15.9 Å². The molecule has 2 aromatic carbocycles. The Hall–Kier alpha value is -2.67. The van der Waals surface area contributed by atoms with Gasteiger partial charge in [-0.15, -0.1) is 0 Å². The smallest absolute Gasteiger partial charge is 0.269 e. The summed E-state index contributed by atoms with van der Waals surface area (Å²) in [5, 5.41) is 13.0. The first-order valence-electron chi connectivity index (χ1n) is 6.58. The fraction of sp³-hybridized carbons (Fsp3) is 0.133. The Morgan fingerprint density at radius 1 is 1.26 bits per heavy atom. The monoisotopic (exact) mass is 338 g/mol. The van der Waals surface area contributed by atoms with E-state index in [9.17, 15) is 19.3 Å². The largest absolute Gasteiger partial charge is 0.493 e. The van der Waals surface area contributed by atoms with E-state index in [1.807, 2.05) is 0 Å². The van der Waals surface area contributed by atoms with Gasteiger partial charge in [-0.05, 0) is 30.3 Å². The molecule has 0 heterocycles. The van der Waals surface area contributed by atoms with E-state index in [0.717, 1.165) is 6.07 Å². The van der Waals surface area contributed by atoms with Crippen LogP contribution >= 0.6 is 11.6 Å². The summed E-state index contributed by atoms with van der Waals surface area (Å²) in [6.07, 6.45) is 0.0615. The zero-order chi connectivity index (χ0) is 16.8. The molecule has 0 saturated carbocycles.